The average Bonchev–Trinajstić information content (AvgIpc) is 3.46. The number of anilines is 1. The topological polar surface area (TPSA) is 117 Å². The zero-order valence-corrected chi connectivity index (χ0v) is 25.4. The van der Waals surface area contributed by atoms with Gasteiger partial charge < -0.3 is 10.2 Å². The van der Waals surface area contributed by atoms with E-state index in [1.807, 2.05) is 41.8 Å². The van der Waals surface area contributed by atoms with Crippen molar-refractivity contribution in [2.24, 2.45) is 0 Å². The number of fused-ring (bicyclic) bond motifs is 1. The van der Waals surface area contributed by atoms with E-state index in [2.05, 4.69) is 26.6 Å². The molecule has 0 bridgehead atoms. The number of aryl methyl sites for hydroxylation is 1. The highest BCUT2D eigenvalue weighted by Crippen LogP contribution is 2.37. The van der Waals surface area contributed by atoms with Gasteiger partial charge in [0.2, 0.25) is 12.3 Å². The molecule has 212 valence electrons. The van der Waals surface area contributed by atoms with Crippen LogP contribution in [0.2, 0.25) is 5.02 Å². The van der Waals surface area contributed by atoms with E-state index in [1.165, 1.54) is 39.3 Å². The second kappa shape index (κ2) is 14.3. The summed E-state index contributed by atoms with van der Waals surface area (Å²) in [6, 6.07) is 11.7. The minimum atomic E-state index is -0.185. The third-order valence-electron chi connectivity index (χ3n) is 6.38. The van der Waals surface area contributed by atoms with Gasteiger partial charge >= 0.3 is 0 Å². The van der Waals surface area contributed by atoms with Gasteiger partial charge in [-0.3, -0.25) is 19.1 Å². The van der Waals surface area contributed by atoms with E-state index in [1.54, 1.807) is 26.5 Å². The zero-order chi connectivity index (χ0) is 29.4. The fraction of sp³-hybridized carbons (Fsp3) is 0.310. The number of benzene rings is 1. The lowest BCUT2D eigenvalue weighted by molar-refractivity contribution is -0.116. The number of rotatable bonds is 7. The van der Waals surface area contributed by atoms with E-state index < -0.39 is 0 Å². The Morgan fingerprint density at radius 1 is 1.20 bits per heavy atom. The molecule has 0 spiro atoms. The summed E-state index contributed by atoms with van der Waals surface area (Å²) in [4.78, 5) is 29.2. The molecule has 2 amide bonds. The predicted molar refractivity (Wildman–Crippen MR) is 164 cm³/mol. The van der Waals surface area contributed by atoms with Crippen LogP contribution in [0, 0.1) is 18.3 Å². The second-order valence-electron chi connectivity index (χ2n) is 9.55. The number of hydrogen-bond donors (Lipinski definition) is 1. The first-order valence-corrected chi connectivity index (χ1v) is 15.2. The Labute approximate surface area is 252 Å². The molecule has 0 unspecified atom stereocenters. The highest BCUT2D eigenvalue weighted by Gasteiger charge is 2.23. The van der Waals surface area contributed by atoms with Crippen LogP contribution in [0.5, 0.6) is 0 Å². The number of thiophene rings is 1. The van der Waals surface area contributed by atoms with Gasteiger partial charge in [0, 0.05) is 42.0 Å². The third-order valence-corrected chi connectivity index (χ3v) is 8.93. The van der Waals surface area contributed by atoms with Crippen LogP contribution in [-0.4, -0.2) is 56.8 Å². The first-order valence-electron chi connectivity index (χ1n) is 13.0. The average molecular weight is 608 g/mol. The summed E-state index contributed by atoms with van der Waals surface area (Å²) >= 11 is 9.25. The van der Waals surface area contributed by atoms with Crippen molar-refractivity contribution in [2.45, 2.75) is 44.2 Å². The lowest BCUT2D eigenvalue weighted by Gasteiger charge is -2.13. The molecule has 3 heterocycles. The SMILES string of the molecule is CN(C)C=O.Cc1c(Cl)cccc1-n1c(SCC(=O)Nc2sc3c(c2C#N)CCCCC3)nnc1-c1ccncc1. The minimum Gasteiger partial charge on any atom is -0.351 e. The molecular weight excluding hydrogens is 578 g/mol. The van der Waals surface area contributed by atoms with Gasteiger partial charge in [-0.25, -0.2) is 0 Å². The maximum absolute atomic E-state index is 13.0. The molecule has 9 nitrogen and oxygen atoms in total. The number of carbonyl (C=O) groups is 2. The van der Waals surface area contributed by atoms with E-state index in [4.69, 9.17) is 11.6 Å². The van der Waals surface area contributed by atoms with Crippen molar-refractivity contribution in [3.63, 3.8) is 0 Å². The normalized spacial score (nSPS) is 12.3. The Bertz CT molecular complexity index is 1560. The van der Waals surface area contributed by atoms with Crippen molar-refractivity contribution in [2.75, 3.05) is 25.2 Å². The standard InChI is InChI=1S/C26H23ClN6OS2.C3H7NO/c1-16-20(27)7-5-8-21(16)33-24(17-10-12-29-13-11-17)31-32-26(33)35-15-23(34)30-25-19(14-28)18-6-3-2-4-9-22(18)36-25;1-4(2)3-5/h5,7-8,10-13H,2-4,6,9,15H2,1H3,(H,30,34);3H,1-2H3. The maximum atomic E-state index is 13.0. The second-order valence-corrected chi connectivity index (χ2v) is 12.0. The summed E-state index contributed by atoms with van der Waals surface area (Å²) in [5.74, 6) is 0.580. The lowest BCUT2D eigenvalue weighted by Crippen LogP contribution is -2.14. The number of nitrogens with one attached hydrogen (secondary N) is 1. The number of hydrogen-bond acceptors (Lipinski definition) is 8. The van der Waals surface area contributed by atoms with E-state index in [-0.39, 0.29) is 11.7 Å². The number of nitriles is 1. The fourth-order valence-electron chi connectivity index (χ4n) is 4.35. The summed E-state index contributed by atoms with van der Waals surface area (Å²) in [6.45, 7) is 1.94. The van der Waals surface area contributed by atoms with Gasteiger partial charge in [0.1, 0.15) is 11.1 Å². The van der Waals surface area contributed by atoms with Crippen LogP contribution in [0.15, 0.2) is 47.9 Å². The summed E-state index contributed by atoms with van der Waals surface area (Å²) in [5.41, 5.74) is 4.32. The molecule has 0 radical (unpaired) electrons. The number of thioether (sulfide) groups is 1. The smallest absolute Gasteiger partial charge is 0.235 e. The van der Waals surface area contributed by atoms with Gasteiger partial charge in [-0.05, 0) is 68.0 Å². The van der Waals surface area contributed by atoms with Gasteiger partial charge in [-0.2, -0.15) is 5.26 Å². The quantitative estimate of drug-likeness (QED) is 0.157. The number of halogens is 1. The summed E-state index contributed by atoms with van der Waals surface area (Å²) < 4.78 is 1.92. The summed E-state index contributed by atoms with van der Waals surface area (Å²) in [5, 5.41) is 23.4. The Balaban J connectivity index is 0.000000714. The lowest BCUT2D eigenvalue weighted by atomic mass is 10.1. The Morgan fingerprint density at radius 3 is 2.63 bits per heavy atom. The monoisotopic (exact) mass is 607 g/mol. The molecule has 4 aromatic rings. The van der Waals surface area contributed by atoms with Crippen molar-refractivity contribution < 1.29 is 9.59 Å². The highest BCUT2D eigenvalue weighted by molar-refractivity contribution is 7.99. The largest absolute Gasteiger partial charge is 0.351 e. The molecule has 0 atom stereocenters. The molecule has 0 saturated carbocycles. The molecule has 0 fully saturated rings. The van der Waals surface area contributed by atoms with Crippen molar-refractivity contribution in [3.05, 3.63) is 69.3 Å². The van der Waals surface area contributed by atoms with Crippen molar-refractivity contribution in [3.8, 4) is 23.1 Å². The molecule has 1 aliphatic rings. The zero-order valence-electron chi connectivity index (χ0n) is 23.1. The molecular formula is C29H30ClN7O2S2. The number of nitrogens with zero attached hydrogens (tertiary/aromatic N) is 6. The van der Waals surface area contributed by atoms with Crippen LogP contribution in [0.4, 0.5) is 5.00 Å². The van der Waals surface area contributed by atoms with Crippen molar-refractivity contribution in [1.82, 2.24) is 24.6 Å². The van der Waals surface area contributed by atoms with Crippen LogP contribution in [-0.2, 0) is 22.4 Å². The van der Waals surface area contributed by atoms with Crippen LogP contribution >= 0.6 is 34.7 Å². The Kier molecular flexibility index (Phi) is 10.5. The molecule has 0 aliphatic heterocycles. The highest BCUT2D eigenvalue weighted by atomic mass is 35.5. The van der Waals surface area contributed by atoms with E-state index in [9.17, 15) is 14.9 Å². The van der Waals surface area contributed by atoms with E-state index in [0.29, 0.717) is 26.6 Å². The van der Waals surface area contributed by atoms with E-state index >= 15 is 0 Å². The Hall–Kier alpha value is -3.72. The van der Waals surface area contributed by atoms with Gasteiger partial charge in [-0.1, -0.05) is 35.9 Å². The molecule has 3 aromatic heterocycles. The van der Waals surface area contributed by atoms with E-state index in [0.717, 1.165) is 54.5 Å². The first kappa shape index (κ1) is 30.2. The van der Waals surface area contributed by atoms with Crippen molar-refractivity contribution in [1.29, 1.82) is 5.26 Å². The van der Waals surface area contributed by atoms with Crippen LogP contribution in [0.25, 0.3) is 17.1 Å². The van der Waals surface area contributed by atoms with Gasteiger partial charge in [0.15, 0.2) is 11.0 Å². The number of pyridine rings is 1. The third kappa shape index (κ3) is 7.33. The van der Waals surface area contributed by atoms with Crippen LogP contribution in [0.3, 0.4) is 0 Å². The number of carbonyl (C=O) groups excluding carboxylic acids is 2. The molecule has 1 aliphatic carbocycles. The Morgan fingerprint density at radius 2 is 1.93 bits per heavy atom. The predicted octanol–water partition coefficient (Wildman–Crippen LogP) is 5.93. The minimum absolute atomic E-state index is 0.127. The fourth-order valence-corrected chi connectivity index (χ4v) is 6.52. The van der Waals surface area contributed by atoms with Gasteiger partial charge in [0.05, 0.1) is 17.0 Å². The summed E-state index contributed by atoms with van der Waals surface area (Å²) in [7, 11) is 3.38. The van der Waals surface area contributed by atoms with Crippen LogP contribution in [0.1, 0.15) is 40.8 Å². The first-order chi connectivity index (χ1) is 19.8. The number of amides is 2. The number of aromatic nitrogens is 4. The molecule has 12 heteroatoms. The van der Waals surface area contributed by atoms with Gasteiger partial charge in [0.25, 0.3) is 0 Å². The molecule has 41 heavy (non-hydrogen) atoms. The molecule has 1 aromatic carbocycles. The van der Waals surface area contributed by atoms with Crippen LogP contribution < -0.4 is 5.32 Å². The summed E-state index contributed by atoms with van der Waals surface area (Å²) in [6.07, 6.45) is 9.42. The van der Waals surface area contributed by atoms with Gasteiger partial charge in [-0.15, -0.1) is 21.5 Å². The molecule has 1 N–H and O–H groups in total. The maximum Gasteiger partial charge on any atom is 0.235 e. The van der Waals surface area contributed by atoms with Crippen molar-refractivity contribution >= 4 is 52.0 Å². The molecule has 0 saturated heterocycles. The molecule has 5 rings (SSSR count).